The van der Waals surface area contributed by atoms with Gasteiger partial charge in [0.2, 0.25) is 0 Å². The van der Waals surface area contributed by atoms with E-state index in [1.165, 1.54) is 108 Å². The second-order valence-electron chi connectivity index (χ2n) is 10.1. The molecule has 1 atom stereocenters. The lowest BCUT2D eigenvalue weighted by Gasteiger charge is -2.25. The van der Waals surface area contributed by atoms with Gasteiger partial charge in [-0.3, -0.25) is 0 Å². The summed E-state index contributed by atoms with van der Waals surface area (Å²) in [5.41, 5.74) is 2.03. The second-order valence-corrected chi connectivity index (χ2v) is 10.1. The first kappa shape index (κ1) is 25.3. The average Bonchev–Trinajstić information content (AvgIpc) is 2.66. The normalized spacial score (nSPS) is 13.0. The van der Waals surface area contributed by atoms with Crippen molar-refractivity contribution in [2.45, 2.75) is 130 Å². The summed E-state index contributed by atoms with van der Waals surface area (Å²) < 4.78 is 0. The van der Waals surface area contributed by atoms with Crippen LogP contribution in [-0.4, -0.2) is 0 Å². The van der Waals surface area contributed by atoms with Crippen molar-refractivity contribution in [1.29, 1.82) is 0 Å². The van der Waals surface area contributed by atoms with Crippen molar-refractivity contribution in [2.75, 3.05) is 0 Å². The van der Waals surface area contributed by atoms with Crippen LogP contribution in [0.4, 0.5) is 0 Å². The summed E-state index contributed by atoms with van der Waals surface area (Å²) in [5, 5.41) is 0. The molecular formula is C28H50. The van der Waals surface area contributed by atoms with Gasteiger partial charge in [0.05, 0.1) is 0 Å². The van der Waals surface area contributed by atoms with Crippen LogP contribution in [0.5, 0.6) is 0 Å². The van der Waals surface area contributed by atoms with Crippen LogP contribution in [0.1, 0.15) is 130 Å². The van der Waals surface area contributed by atoms with Crippen LogP contribution >= 0.6 is 0 Å². The summed E-state index contributed by atoms with van der Waals surface area (Å²) in [6, 6.07) is 11.0. The lowest BCUT2D eigenvalue weighted by Crippen LogP contribution is -2.12. The van der Waals surface area contributed by atoms with Gasteiger partial charge in [0.15, 0.2) is 0 Å². The molecule has 1 aromatic carbocycles. The second kappa shape index (κ2) is 16.1. The van der Waals surface area contributed by atoms with Crippen molar-refractivity contribution in [3.05, 3.63) is 35.9 Å². The topological polar surface area (TPSA) is 0 Å². The molecule has 0 aliphatic rings. The van der Waals surface area contributed by atoms with Crippen LogP contribution in [-0.2, 0) is 6.42 Å². The molecular weight excluding hydrogens is 336 g/mol. The Bertz CT molecular complexity index is 444. The lowest BCUT2D eigenvalue weighted by atomic mass is 9.81. The van der Waals surface area contributed by atoms with Crippen molar-refractivity contribution in [2.24, 2.45) is 11.3 Å². The number of unbranched alkanes of at least 4 members (excludes halogenated alkanes) is 10. The number of hydrogen-bond donors (Lipinski definition) is 0. The van der Waals surface area contributed by atoms with Crippen LogP contribution in [0.3, 0.4) is 0 Å². The quantitative estimate of drug-likeness (QED) is 0.220. The predicted molar refractivity (Wildman–Crippen MR) is 128 cm³/mol. The largest absolute Gasteiger partial charge is 0.0654 e. The van der Waals surface area contributed by atoms with E-state index < -0.39 is 0 Å². The van der Waals surface area contributed by atoms with Crippen molar-refractivity contribution < 1.29 is 0 Å². The fraction of sp³-hybridized carbons (Fsp3) is 0.786. The molecule has 1 rings (SSSR count). The lowest BCUT2D eigenvalue weighted by molar-refractivity contribution is 0.275. The molecule has 0 bridgehead atoms. The third-order valence-corrected chi connectivity index (χ3v) is 6.43. The zero-order valence-corrected chi connectivity index (χ0v) is 19.8. The Morgan fingerprint density at radius 1 is 0.679 bits per heavy atom. The molecule has 0 saturated heterocycles. The van der Waals surface area contributed by atoms with Crippen LogP contribution in [0, 0.1) is 11.3 Å². The molecule has 0 aliphatic carbocycles. The Morgan fingerprint density at radius 2 is 1.18 bits per heavy atom. The van der Waals surface area contributed by atoms with E-state index in [4.69, 9.17) is 0 Å². The molecule has 28 heavy (non-hydrogen) atoms. The van der Waals surface area contributed by atoms with Gasteiger partial charge in [-0.05, 0) is 36.2 Å². The van der Waals surface area contributed by atoms with Gasteiger partial charge < -0.3 is 0 Å². The number of rotatable bonds is 18. The van der Waals surface area contributed by atoms with Crippen LogP contribution in [0.15, 0.2) is 30.3 Å². The predicted octanol–water partition coefficient (Wildman–Crippen LogP) is 9.76. The van der Waals surface area contributed by atoms with Crippen molar-refractivity contribution >= 4 is 0 Å². The van der Waals surface area contributed by atoms with E-state index in [0.717, 1.165) is 5.92 Å². The fourth-order valence-corrected chi connectivity index (χ4v) is 4.44. The molecule has 0 radical (unpaired) electrons. The molecule has 0 heterocycles. The molecule has 1 aromatic rings. The summed E-state index contributed by atoms with van der Waals surface area (Å²) in [6.07, 6.45) is 22.7. The Kier molecular flexibility index (Phi) is 14.5. The van der Waals surface area contributed by atoms with Gasteiger partial charge in [0.25, 0.3) is 0 Å². The highest BCUT2D eigenvalue weighted by Gasteiger charge is 2.17. The molecule has 0 N–H and O–H groups in total. The smallest absolute Gasteiger partial charge is 0.0253 e. The molecule has 0 nitrogen and oxygen atoms in total. The van der Waals surface area contributed by atoms with E-state index >= 15 is 0 Å². The van der Waals surface area contributed by atoms with E-state index in [2.05, 4.69) is 58.0 Å². The minimum absolute atomic E-state index is 0.533. The van der Waals surface area contributed by atoms with Crippen LogP contribution in [0.2, 0.25) is 0 Å². The molecule has 0 amide bonds. The highest BCUT2D eigenvalue weighted by molar-refractivity contribution is 5.14. The number of hydrogen-bond acceptors (Lipinski definition) is 0. The molecule has 1 unspecified atom stereocenters. The average molecular weight is 387 g/mol. The Hall–Kier alpha value is -0.780. The maximum atomic E-state index is 2.49. The minimum atomic E-state index is 0.533. The summed E-state index contributed by atoms with van der Waals surface area (Å²) in [7, 11) is 0. The fourth-order valence-electron chi connectivity index (χ4n) is 4.44. The van der Waals surface area contributed by atoms with Crippen molar-refractivity contribution in [1.82, 2.24) is 0 Å². The third-order valence-electron chi connectivity index (χ3n) is 6.43. The molecule has 162 valence electrons. The first-order valence-corrected chi connectivity index (χ1v) is 12.6. The van der Waals surface area contributed by atoms with E-state index in [-0.39, 0.29) is 0 Å². The van der Waals surface area contributed by atoms with Gasteiger partial charge in [-0.25, -0.2) is 0 Å². The Labute approximate surface area is 177 Å². The van der Waals surface area contributed by atoms with E-state index in [0.29, 0.717) is 5.41 Å². The van der Waals surface area contributed by atoms with Gasteiger partial charge in [0.1, 0.15) is 0 Å². The van der Waals surface area contributed by atoms with E-state index in [1.807, 2.05) is 0 Å². The van der Waals surface area contributed by atoms with E-state index in [9.17, 15) is 0 Å². The minimum Gasteiger partial charge on any atom is -0.0654 e. The Balaban J connectivity index is 1.96. The molecule has 0 aromatic heterocycles. The zero-order valence-electron chi connectivity index (χ0n) is 19.8. The number of benzene rings is 1. The summed E-state index contributed by atoms with van der Waals surface area (Å²) in [5.74, 6) is 0.806. The van der Waals surface area contributed by atoms with Crippen molar-refractivity contribution in [3.8, 4) is 0 Å². The SMILES string of the molecule is CCCCCCCCCCCCCC(C)(C)CCCC(C)Cc1ccccc1. The van der Waals surface area contributed by atoms with Crippen molar-refractivity contribution in [3.63, 3.8) is 0 Å². The van der Waals surface area contributed by atoms with Gasteiger partial charge >= 0.3 is 0 Å². The first-order valence-electron chi connectivity index (χ1n) is 12.6. The summed E-state index contributed by atoms with van der Waals surface area (Å²) >= 11 is 0. The van der Waals surface area contributed by atoms with Gasteiger partial charge in [0, 0.05) is 0 Å². The molecule has 0 spiro atoms. The first-order chi connectivity index (χ1) is 13.5. The molecule has 0 aliphatic heterocycles. The molecule has 0 heteroatoms. The summed E-state index contributed by atoms with van der Waals surface area (Å²) in [6.45, 7) is 9.70. The van der Waals surface area contributed by atoms with Gasteiger partial charge in [-0.1, -0.05) is 141 Å². The molecule has 0 fully saturated rings. The van der Waals surface area contributed by atoms with E-state index in [1.54, 1.807) is 0 Å². The van der Waals surface area contributed by atoms with Crippen LogP contribution in [0.25, 0.3) is 0 Å². The Morgan fingerprint density at radius 3 is 1.75 bits per heavy atom. The summed E-state index contributed by atoms with van der Waals surface area (Å²) in [4.78, 5) is 0. The third kappa shape index (κ3) is 14.3. The maximum absolute atomic E-state index is 2.49. The zero-order chi connectivity index (χ0) is 20.5. The van der Waals surface area contributed by atoms with Gasteiger partial charge in [-0.2, -0.15) is 0 Å². The molecule has 0 saturated carbocycles. The highest BCUT2D eigenvalue weighted by Crippen LogP contribution is 2.31. The highest BCUT2D eigenvalue weighted by atomic mass is 14.2. The monoisotopic (exact) mass is 386 g/mol. The van der Waals surface area contributed by atoms with Crippen LogP contribution < -0.4 is 0 Å². The maximum Gasteiger partial charge on any atom is -0.0253 e. The standard InChI is InChI=1S/C28H50/c1-5-6-7-8-9-10-11-12-13-14-18-23-28(3,4)24-19-20-26(2)25-27-21-16-15-17-22-27/h15-17,21-22,26H,5-14,18-20,23-25H2,1-4H3. The van der Waals surface area contributed by atoms with Gasteiger partial charge in [-0.15, -0.1) is 0 Å².